The van der Waals surface area contributed by atoms with E-state index in [0.29, 0.717) is 31.2 Å². The van der Waals surface area contributed by atoms with Gasteiger partial charge in [-0.1, -0.05) is 13.0 Å². The van der Waals surface area contributed by atoms with Crippen LogP contribution >= 0.6 is 0 Å². The van der Waals surface area contributed by atoms with Crippen LogP contribution < -0.4 is 5.32 Å². The van der Waals surface area contributed by atoms with Gasteiger partial charge in [-0.15, -0.1) is 0 Å². The summed E-state index contributed by atoms with van der Waals surface area (Å²) >= 11 is 0. The summed E-state index contributed by atoms with van der Waals surface area (Å²) in [5, 5.41) is 3.21. The molecule has 2 rings (SSSR count). The van der Waals surface area contributed by atoms with Crippen LogP contribution in [0, 0.1) is 11.7 Å². The standard InChI is InChI=1S/C15H19F4NO/c1-2-20-14(7-10-5-6-21-9-10)11-3-4-12(13(16)8-11)15(17,18)19/h3-4,8,10,14,20H,2,5-7,9H2,1H3. The summed E-state index contributed by atoms with van der Waals surface area (Å²) < 4.78 is 56.8. The van der Waals surface area contributed by atoms with E-state index in [1.807, 2.05) is 6.92 Å². The van der Waals surface area contributed by atoms with Crippen LogP contribution in [0.1, 0.15) is 36.9 Å². The number of hydrogen-bond donors (Lipinski definition) is 1. The fourth-order valence-electron chi connectivity index (χ4n) is 2.66. The van der Waals surface area contributed by atoms with Crippen molar-refractivity contribution in [1.82, 2.24) is 5.32 Å². The SMILES string of the molecule is CCNC(CC1CCOC1)c1ccc(C(F)(F)F)c(F)c1. The Morgan fingerprint density at radius 2 is 2.14 bits per heavy atom. The van der Waals surface area contributed by atoms with Crippen LogP contribution in [-0.4, -0.2) is 19.8 Å². The predicted octanol–water partition coefficient (Wildman–Crippen LogP) is 3.92. The molecule has 1 N–H and O–H groups in total. The number of benzene rings is 1. The molecule has 1 aromatic rings. The highest BCUT2D eigenvalue weighted by atomic mass is 19.4. The van der Waals surface area contributed by atoms with E-state index in [4.69, 9.17) is 4.74 Å². The Balaban J connectivity index is 2.17. The highest BCUT2D eigenvalue weighted by Crippen LogP contribution is 2.34. The first-order valence-corrected chi connectivity index (χ1v) is 7.09. The van der Waals surface area contributed by atoms with Crippen LogP contribution in [0.25, 0.3) is 0 Å². The minimum Gasteiger partial charge on any atom is -0.381 e. The van der Waals surface area contributed by atoms with Gasteiger partial charge in [-0.05, 0) is 43.0 Å². The second kappa shape index (κ2) is 6.75. The van der Waals surface area contributed by atoms with E-state index < -0.39 is 17.6 Å². The van der Waals surface area contributed by atoms with Gasteiger partial charge in [-0.3, -0.25) is 0 Å². The van der Waals surface area contributed by atoms with E-state index in [1.54, 1.807) is 0 Å². The van der Waals surface area contributed by atoms with Gasteiger partial charge in [0.2, 0.25) is 0 Å². The Morgan fingerprint density at radius 3 is 2.67 bits per heavy atom. The Bertz CT molecular complexity index is 469. The van der Waals surface area contributed by atoms with Gasteiger partial charge in [0, 0.05) is 19.3 Å². The molecule has 1 aliphatic heterocycles. The summed E-state index contributed by atoms with van der Waals surface area (Å²) in [4.78, 5) is 0. The molecular formula is C15H19F4NO. The second-order valence-corrected chi connectivity index (χ2v) is 5.31. The zero-order valence-corrected chi connectivity index (χ0v) is 11.8. The molecule has 0 bridgehead atoms. The van der Waals surface area contributed by atoms with Crippen LogP contribution in [-0.2, 0) is 10.9 Å². The molecule has 21 heavy (non-hydrogen) atoms. The number of rotatable bonds is 5. The van der Waals surface area contributed by atoms with Gasteiger partial charge in [-0.2, -0.15) is 13.2 Å². The highest BCUT2D eigenvalue weighted by Gasteiger charge is 2.34. The Kier molecular flexibility index (Phi) is 5.22. The molecule has 0 spiro atoms. The molecule has 2 unspecified atom stereocenters. The lowest BCUT2D eigenvalue weighted by atomic mass is 9.93. The Labute approximate surface area is 121 Å². The molecule has 1 saturated heterocycles. The maximum Gasteiger partial charge on any atom is 0.419 e. The average molecular weight is 305 g/mol. The lowest BCUT2D eigenvalue weighted by molar-refractivity contribution is -0.140. The van der Waals surface area contributed by atoms with Crippen molar-refractivity contribution in [1.29, 1.82) is 0 Å². The van der Waals surface area contributed by atoms with Crippen LogP contribution in [0.15, 0.2) is 18.2 Å². The first-order chi connectivity index (χ1) is 9.91. The van der Waals surface area contributed by atoms with Crippen LogP contribution in [0.3, 0.4) is 0 Å². The van der Waals surface area contributed by atoms with Crippen molar-refractivity contribution >= 4 is 0 Å². The highest BCUT2D eigenvalue weighted by molar-refractivity contribution is 5.28. The van der Waals surface area contributed by atoms with Gasteiger partial charge in [-0.25, -0.2) is 4.39 Å². The first-order valence-electron chi connectivity index (χ1n) is 7.09. The number of halogens is 4. The third-order valence-corrected chi connectivity index (χ3v) is 3.74. The molecule has 1 aliphatic rings. The van der Waals surface area contributed by atoms with Gasteiger partial charge in [0.05, 0.1) is 5.56 Å². The monoisotopic (exact) mass is 305 g/mol. The largest absolute Gasteiger partial charge is 0.419 e. The molecule has 0 aromatic heterocycles. The average Bonchev–Trinajstić information content (AvgIpc) is 2.89. The zero-order chi connectivity index (χ0) is 15.5. The minimum atomic E-state index is -4.66. The molecule has 0 radical (unpaired) electrons. The lowest BCUT2D eigenvalue weighted by Gasteiger charge is -2.22. The summed E-state index contributed by atoms with van der Waals surface area (Å²) in [5.74, 6) is -0.857. The smallest absolute Gasteiger partial charge is 0.381 e. The summed E-state index contributed by atoms with van der Waals surface area (Å²) in [7, 11) is 0. The number of hydrogen-bond acceptors (Lipinski definition) is 2. The van der Waals surface area contributed by atoms with Crippen molar-refractivity contribution in [2.24, 2.45) is 5.92 Å². The van der Waals surface area contributed by atoms with E-state index in [-0.39, 0.29) is 6.04 Å². The Hall–Kier alpha value is -1.14. The van der Waals surface area contributed by atoms with Crippen molar-refractivity contribution < 1.29 is 22.3 Å². The number of nitrogens with one attached hydrogen (secondary N) is 1. The molecule has 118 valence electrons. The molecule has 0 amide bonds. The van der Waals surface area contributed by atoms with Crippen LogP contribution in [0.5, 0.6) is 0 Å². The third kappa shape index (κ3) is 4.17. The Morgan fingerprint density at radius 1 is 1.38 bits per heavy atom. The summed E-state index contributed by atoms with van der Waals surface area (Å²) in [6, 6.07) is 3.01. The minimum absolute atomic E-state index is 0.154. The zero-order valence-electron chi connectivity index (χ0n) is 11.8. The molecule has 0 aliphatic carbocycles. The predicted molar refractivity (Wildman–Crippen MR) is 71.4 cm³/mol. The van der Waals surface area contributed by atoms with Gasteiger partial charge >= 0.3 is 6.18 Å². The number of ether oxygens (including phenoxy) is 1. The van der Waals surface area contributed by atoms with E-state index in [9.17, 15) is 17.6 Å². The topological polar surface area (TPSA) is 21.3 Å². The summed E-state index contributed by atoms with van der Waals surface area (Å²) in [6.45, 7) is 3.95. The molecule has 6 heteroatoms. The van der Waals surface area contributed by atoms with Crippen molar-refractivity contribution in [3.8, 4) is 0 Å². The van der Waals surface area contributed by atoms with Crippen molar-refractivity contribution in [3.05, 3.63) is 35.1 Å². The van der Waals surface area contributed by atoms with Crippen molar-refractivity contribution in [2.75, 3.05) is 19.8 Å². The van der Waals surface area contributed by atoms with Gasteiger partial charge in [0.25, 0.3) is 0 Å². The quantitative estimate of drug-likeness (QED) is 0.833. The maximum atomic E-state index is 13.7. The number of alkyl halides is 3. The van der Waals surface area contributed by atoms with Crippen LogP contribution in [0.4, 0.5) is 17.6 Å². The van der Waals surface area contributed by atoms with E-state index in [2.05, 4.69) is 5.32 Å². The summed E-state index contributed by atoms with van der Waals surface area (Å²) in [5.41, 5.74) is -0.667. The molecule has 2 nitrogen and oxygen atoms in total. The first kappa shape index (κ1) is 16.2. The van der Waals surface area contributed by atoms with E-state index in [1.165, 1.54) is 6.07 Å². The molecular weight excluding hydrogens is 286 g/mol. The van der Waals surface area contributed by atoms with Gasteiger partial charge in [0.15, 0.2) is 0 Å². The molecule has 1 fully saturated rings. The molecule has 1 aromatic carbocycles. The molecule has 0 saturated carbocycles. The maximum absolute atomic E-state index is 13.7. The van der Waals surface area contributed by atoms with Gasteiger partial charge in [0.1, 0.15) is 5.82 Å². The normalized spacial score (nSPS) is 20.7. The second-order valence-electron chi connectivity index (χ2n) is 5.31. The fraction of sp³-hybridized carbons (Fsp3) is 0.600. The summed E-state index contributed by atoms with van der Waals surface area (Å²) in [6.07, 6.45) is -2.99. The van der Waals surface area contributed by atoms with Crippen molar-refractivity contribution in [2.45, 2.75) is 32.0 Å². The van der Waals surface area contributed by atoms with E-state index >= 15 is 0 Å². The van der Waals surface area contributed by atoms with E-state index in [0.717, 1.165) is 25.0 Å². The van der Waals surface area contributed by atoms with Crippen molar-refractivity contribution in [3.63, 3.8) is 0 Å². The van der Waals surface area contributed by atoms with Crippen LogP contribution in [0.2, 0.25) is 0 Å². The fourth-order valence-corrected chi connectivity index (χ4v) is 2.66. The van der Waals surface area contributed by atoms with Gasteiger partial charge < -0.3 is 10.1 Å². The third-order valence-electron chi connectivity index (χ3n) is 3.74. The molecule has 2 atom stereocenters. The molecule has 1 heterocycles. The lowest BCUT2D eigenvalue weighted by Crippen LogP contribution is -2.24.